The van der Waals surface area contributed by atoms with E-state index in [1.54, 1.807) is 41.3 Å². The molecular formula is C20H23N3O5S. The van der Waals surface area contributed by atoms with Crippen molar-refractivity contribution < 1.29 is 22.7 Å². The van der Waals surface area contributed by atoms with Gasteiger partial charge in [-0.15, -0.1) is 0 Å². The van der Waals surface area contributed by atoms with E-state index in [1.807, 2.05) is 0 Å². The zero-order valence-corrected chi connectivity index (χ0v) is 17.1. The molecule has 1 heterocycles. The maximum Gasteiger partial charge on any atom is 0.257 e. The molecule has 0 radical (unpaired) electrons. The summed E-state index contributed by atoms with van der Waals surface area (Å²) in [5.74, 6) is 0.0856. The van der Waals surface area contributed by atoms with Gasteiger partial charge >= 0.3 is 0 Å². The van der Waals surface area contributed by atoms with Crippen LogP contribution in [0.2, 0.25) is 0 Å². The molecule has 3 rings (SSSR count). The largest absolute Gasteiger partial charge is 0.496 e. The Labute approximate surface area is 170 Å². The molecule has 0 aromatic heterocycles. The Bertz CT molecular complexity index is 997. The van der Waals surface area contributed by atoms with Gasteiger partial charge in [0.2, 0.25) is 15.9 Å². The monoisotopic (exact) mass is 417 g/mol. The molecule has 0 saturated carbocycles. The number of rotatable bonds is 5. The summed E-state index contributed by atoms with van der Waals surface area (Å²) >= 11 is 0. The molecule has 1 aliphatic rings. The van der Waals surface area contributed by atoms with E-state index in [-0.39, 0.29) is 29.8 Å². The van der Waals surface area contributed by atoms with Gasteiger partial charge in [0.25, 0.3) is 5.91 Å². The first-order valence-electron chi connectivity index (χ1n) is 9.13. The average molecular weight is 417 g/mol. The van der Waals surface area contributed by atoms with Crippen LogP contribution >= 0.6 is 0 Å². The summed E-state index contributed by atoms with van der Waals surface area (Å²) in [6, 6.07) is 13.0. The van der Waals surface area contributed by atoms with Crippen LogP contribution in [0.1, 0.15) is 17.3 Å². The highest BCUT2D eigenvalue weighted by molar-refractivity contribution is 7.89. The Morgan fingerprint density at radius 3 is 2.17 bits per heavy atom. The molecule has 0 unspecified atom stereocenters. The van der Waals surface area contributed by atoms with Crippen molar-refractivity contribution >= 4 is 27.5 Å². The summed E-state index contributed by atoms with van der Waals surface area (Å²) in [5, 5.41) is 2.60. The standard InChI is InChI=1S/C20H23N3O5S/c1-15(24)21-16-7-9-17(10-8-16)29(26,27)23-13-11-22(12-14-23)20(25)18-5-3-4-6-19(18)28-2/h3-10H,11-14H2,1-2H3,(H,21,24). The van der Waals surface area contributed by atoms with Crippen molar-refractivity contribution in [3.05, 3.63) is 54.1 Å². The van der Waals surface area contributed by atoms with Crippen LogP contribution in [0.3, 0.4) is 0 Å². The maximum absolute atomic E-state index is 12.9. The van der Waals surface area contributed by atoms with E-state index in [0.717, 1.165) is 0 Å². The van der Waals surface area contributed by atoms with Crippen LogP contribution < -0.4 is 10.1 Å². The summed E-state index contributed by atoms with van der Waals surface area (Å²) in [5.41, 5.74) is 0.989. The van der Waals surface area contributed by atoms with E-state index in [0.29, 0.717) is 30.1 Å². The van der Waals surface area contributed by atoms with Gasteiger partial charge in [-0.3, -0.25) is 9.59 Å². The molecule has 0 atom stereocenters. The number of sulfonamides is 1. The van der Waals surface area contributed by atoms with Crippen LogP contribution in [-0.4, -0.2) is 62.7 Å². The molecule has 2 amide bonds. The fraction of sp³-hybridized carbons (Fsp3) is 0.300. The lowest BCUT2D eigenvalue weighted by Crippen LogP contribution is -2.50. The van der Waals surface area contributed by atoms with Gasteiger partial charge in [0.15, 0.2) is 0 Å². The van der Waals surface area contributed by atoms with Crippen LogP contribution in [-0.2, 0) is 14.8 Å². The van der Waals surface area contributed by atoms with Crippen LogP contribution in [0.25, 0.3) is 0 Å². The second-order valence-electron chi connectivity index (χ2n) is 6.60. The first-order chi connectivity index (χ1) is 13.8. The molecule has 0 aliphatic carbocycles. The highest BCUT2D eigenvalue weighted by atomic mass is 32.2. The SMILES string of the molecule is COc1ccccc1C(=O)N1CCN(S(=O)(=O)c2ccc(NC(C)=O)cc2)CC1. The van der Waals surface area contributed by atoms with Crippen molar-refractivity contribution in [3.8, 4) is 5.75 Å². The number of hydrogen-bond donors (Lipinski definition) is 1. The molecule has 1 aliphatic heterocycles. The number of piperazine rings is 1. The topological polar surface area (TPSA) is 96.0 Å². The van der Waals surface area contributed by atoms with Crippen LogP contribution in [0.15, 0.2) is 53.4 Å². The number of carbonyl (C=O) groups is 2. The third-order valence-corrected chi connectivity index (χ3v) is 6.59. The van der Waals surface area contributed by atoms with Crippen molar-refractivity contribution in [2.45, 2.75) is 11.8 Å². The summed E-state index contributed by atoms with van der Waals surface area (Å²) in [6.07, 6.45) is 0. The quantitative estimate of drug-likeness (QED) is 0.800. The summed E-state index contributed by atoms with van der Waals surface area (Å²) < 4.78 is 32.4. The molecule has 2 aromatic carbocycles. The van der Waals surface area contributed by atoms with Crippen LogP contribution in [0.4, 0.5) is 5.69 Å². The number of methoxy groups -OCH3 is 1. The molecule has 8 nitrogen and oxygen atoms in total. The number of benzene rings is 2. The van der Waals surface area contributed by atoms with Crippen molar-refractivity contribution in [3.63, 3.8) is 0 Å². The zero-order valence-electron chi connectivity index (χ0n) is 16.3. The molecule has 1 N–H and O–H groups in total. The number of amides is 2. The Kier molecular flexibility index (Phi) is 6.19. The Morgan fingerprint density at radius 2 is 1.59 bits per heavy atom. The maximum atomic E-state index is 12.9. The molecule has 2 aromatic rings. The van der Waals surface area contributed by atoms with E-state index < -0.39 is 10.0 Å². The zero-order chi connectivity index (χ0) is 21.0. The van der Waals surface area contributed by atoms with E-state index in [4.69, 9.17) is 4.74 Å². The molecule has 1 saturated heterocycles. The number of para-hydroxylation sites is 1. The number of nitrogens with one attached hydrogen (secondary N) is 1. The minimum atomic E-state index is -3.68. The summed E-state index contributed by atoms with van der Waals surface area (Å²) in [6.45, 7) is 2.38. The predicted octanol–water partition coefficient (Wildman–Crippen LogP) is 1.80. The Morgan fingerprint density at radius 1 is 0.966 bits per heavy atom. The van der Waals surface area contributed by atoms with Crippen molar-refractivity contribution in [2.75, 3.05) is 38.6 Å². The average Bonchev–Trinajstić information content (AvgIpc) is 2.73. The van der Waals surface area contributed by atoms with E-state index in [1.165, 1.54) is 30.5 Å². The molecule has 9 heteroatoms. The number of ether oxygens (including phenoxy) is 1. The molecule has 0 spiro atoms. The number of nitrogens with zero attached hydrogens (tertiary/aromatic N) is 2. The summed E-state index contributed by atoms with van der Waals surface area (Å²) in [4.78, 5) is 25.6. The van der Waals surface area contributed by atoms with Gasteiger partial charge in [-0.05, 0) is 36.4 Å². The molecule has 1 fully saturated rings. The van der Waals surface area contributed by atoms with Crippen LogP contribution in [0, 0.1) is 0 Å². The van der Waals surface area contributed by atoms with Crippen LogP contribution in [0.5, 0.6) is 5.75 Å². The van der Waals surface area contributed by atoms with Gasteiger partial charge in [-0.1, -0.05) is 12.1 Å². The van der Waals surface area contributed by atoms with Gasteiger partial charge in [-0.2, -0.15) is 4.31 Å². The first kappa shape index (κ1) is 20.8. The van der Waals surface area contributed by atoms with Gasteiger partial charge in [-0.25, -0.2) is 8.42 Å². The van der Waals surface area contributed by atoms with Gasteiger partial charge in [0, 0.05) is 38.8 Å². The smallest absolute Gasteiger partial charge is 0.257 e. The van der Waals surface area contributed by atoms with E-state index in [9.17, 15) is 18.0 Å². The second kappa shape index (κ2) is 8.62. The molecule has 154 valence electrons. The Hall–Kier alpha value is -2.91. The lowest BCUT2D eigenvalue weighted by atomic mass is 10.1. The fourth-order valence-electron chi connectivity index (χ4n) is 3.19. The van der Waals surface area contributed by atoms with E-state index in [2.05, 4.69) is 5.32 Å². The number of hydrogen-bond acceptors (Lipinski definition) is 5. The third-order valence-electron chi connectivity index (χ3n) is 4.68. The number of carbonyl (C=O) groups excluding carboxylic acids is 2. The predicted molar refractivity (Wildman–Crippen MR) is 108 cm³/mol. The van der Waals surface area contributed by atoms with Crippen molar-refractivity contribution in [1.29, 1.82) is 0 Å². The van der Waals surface area contributed by atoms with Crippen molar-refractivity contribution in [2.24, 2.45) is 0 Å². The van der Waals surface area contributed by atoms with Gasteiger partial charge in [0.05, 0.1) is 17.6 Å². The minimum absolute atomic E-state index is 0.149. The summed E-state index contributed by atoms with van der Waals surface area (Å²) in [7, 11) is -2.17. The number of anilines is 1. The molecular weight excluding hydrogens is 394 g/mol. The molecule has 0 bridgehead atoms. The molecule has 29 heavy (non-hydrogen) atoms. The normalized spacial score (nSPS) is 15.0. The fourth-order valence-corrected chi connectivity index (χ4v) is 4.61. The highest BCUT2D eigenvalue weighted by Gasteiger charge is 2.31. The van der Waals surface area contributed by atoms with Crippen molar-refractivity contribution in [1.82, 2.24) is 9.21 Å². The first-order valence-corrected chi connectivity index (χ1v) is 10.6. The highest BCUT2D eigenvalue weighted by Crippen LogP contribution is 2.23. The van der Waals surface area contributed by atoms with Gasteiger partial charge in [0.1, 0.15) is 5.75 Å². The third kappa shape index (κ3) is 4.57. The van der Waals surface area contributed by atoms with E-state index >= 15 is 0 Å². The Balaban J connectivity index is 1.68. The second-order valence-corrected chi connectivity index (χ2v) is 8.54. The minimum Gasteiger partial charge on any atom is -0.496 e. The lowest BCUT2D eigenvalue weighted by Gasteiger charge is -2.34. The van der Waals surface area contributed by atoms with Gasteiger partial charge < -0.3 is 15.0 Å². The lowest BCUT2D eigenvalue weighted by molar-refractivity contribution is -0.114.